The summed E-state index contributed by atoms with van der Waals surface area (Å²) in [6, 6.07) is 18.7. The van der Waals surface area contributed by atoms with Crippen LogP contribution in [0.4, 0.5) is 5.82 Å². The number of carbonyl (C=O) groups excluding carboxylic acids is 1. The monoisotopic (exact) mass is 552 g/mol. The van der Waals surface area contributed by atoms with Gasteiger partial charge in [0.05, 0.1) is 30.5 Å². The summed E-state index contributed by atoms with van der Waals surface area (Å²) in [5.41, 5.74) is 13.3. The van der Waals surface area contributed by atoms with E-state index in [2.05, 4.69) is 76.6 Å². The first kappa shape index (κ1) is 28.5. The van der Waals surface area contributed by atoms with E-state index in [9.17, 15) is 4.79 Å². The van der Waals surface area contributed by atoms with Gasteiger partial charge in [-0.2, -0.15) is 5.10 Å². The first-order valence-electron chi connectivity index (χ1n) is 14.4. The van der Waals surface area contributed by atoms with E-state index >= 15 is 0 Å². The zero-order valence-electron chi connectivity index (χ0n) is 24.2. The number of rotatable bonds is 11. The van der Waals surface area contributed by atoms with Gasteiger partial charge in [0.15, 0.2) is 0 Å². The first-order chi connectivity index (χ1) is 19.9. The van der Waals surface area contributed by atoms with Gasteiger partial charge in [0.2, 0.25) is 0 Å². The van der Waals surface area contributed by atoms with Crippen molar-refractivity contribution in [1.82, 2.24) is 25.0 Å². The molecule has 0 saturated carbocycles. The molecule has 1 fully saturated rings. The summed E-state index contributed by atoms with van der Waals surface area (Å²) < 4.78 is 8.20. The third-order valence-electron chi connectivity index (χ3n) is 7.90. The van der Waals surface area contributed by atoms with Crippen LogP contribution < -0.4 is 11.1 Å². The van der Waals surface area contributed by atoms with Crippen molar-refractivity contribution in [3.63, 3.8) is 0 Å². The molecule has 0 bridgehead atoms. The van der Waals surface area contributed by atoms with E-state index in [0.717, 1.165) is 55.6 Å². The summed E-state index contributed by atoms with van der Waals surface area (Å²) in [6.45, 7) is 7.23. The van der Waals surface area contributed by atoms with E-state index < -0.39 is 0 Å². The predicted octanol–water partition coefficient (Wildman–Crippen LogP) is 4.57. The number of amides is 1. The highest BCUT2D eigenvalue weighted by Crippen LogP contribution is 2.23. The smallest absolute Gasteiger partial charge is 0.255 e. The number of pyridine rings is 1. The number of hydrogen-bond acceptors (Lipinski definition) is 6. The van der Waals surface area contributed by atoms with E-state index in [1.54, 1.807) is 23.1 Å². The predicted molar refractivity (Wildman–Crippen MR) is 162 cm³/mol. The zero-order valence-corrected chi connectivity index (χ0v) is 24.2. The number of likely N-dealkylation sites (tertiary alicyclic amines) is 1. The van der Waals surface area contributed by atoms with Crippen LogP contribution in [0.25, 0.3) is 11.1 Å². The molecule has 41 heavy (non-hydrogen) atoms. The van der Waals surface area contributed by atoms with Crippen LogP contribution in [-0.2, 0) is 31.2 Å². The SMILES string of the molecule is CCc1cc(CO[C@H]2CN(CCCc3ccccc3)C[C@@H]2NC(=O)c2cc(-c3cnn(C)c3)cnc2N)ccc1C. The van der Waals surface area contributed by atoms with Gasteiger partial charge in [-0.3, -0.25) is 14.4 Å². The Balaban J connectivity index is 1.28. The van der Waals surface area contributed by atoms with Crippen LogP contribution in [0.5, 0.6) is 0 Å². The van der Waals surface area contributed by atoms with Crippen LogP contribution in [0.15, 0.2) is 73.2 Å². The van der Waals surface area contributed by atoms with Crippen molar-refractivity contribution in [2.24, 2.45) is 7.05 Å². The molecule has 4 aromatic rings. The quantitative estimate of drug-likeness (QED) is 0.283. The number of carbonyl (C=O) groups is 1. The van der Waals surface area contributed by atoms with E-state index in [4.69, 9.17) is 10.5 Å². The summed E-state index contributed by atoms with van der Waals surface area (Å²) in [5, 5.41) is 7.46. The molecule has 1 saturated heterocycles. The minimum absolute atomic E-state index is 0.141. The maximum atomic E-state index is 13.5. The fourth-order valence-corrected chi connectivity index (χ4v) is 5.52. The number of aromatic nitrogens is 3. The van der Waals surface area contributed by atoms with Gasteiger partial charge in [-0.25, -0.2) is 4.98 Å². The van der Waals surface area contributed by atoms with E-state index in [1.807, 2.05) is 19.3 Å². The van der Waals surface area contributed by atoms with E-state index in [0.29, 0.717) is 12.2 Å². The Morgan fingerprint density at radius 3 is 2.66 bits per heavy atom. The Morgan fingerprint density at radius 2 is 1.90 bits per heavy atom. The molecular formula is C33H40N6O2. The second-order valence-corrected chi connectivity index (χ2v) is 11.0. The molecule has 0 unspecified atom stereocenters. The van der Waals surface area contributed by atoms with Crippen molar-refractivity contribution in [3.8, 4) is 11.1 Å². The average molecular weight is 553 g/mol. The lowest BCUT2D eigenvalue weighted by atomic mass is 10.0. The molecule has 0 radical (unpaired) electrons. The number of nitrogens with one attached hydrogen (secondary N) is 1. The van der Waals surface area contributed by atoms with Crippen LogP contribution in [-0.4, -0.2) is 57.4 Å². The highest BCUT2D eigenvalue weighted by atomic mass is 16.5. The lowest BCUT2D eigenvalue weighted by Gasteiger charge is -2.21. The van der Waals surface area contributed by atoms with E-state index in [1.165, 1.54) is 16.7 Å². The second-order valence-electron chi connectivity index (χ2n) is 11.0. The van der Waals surface area contributed by atoms with Gasteiger partial charge in [-0.1, -0.05) is 55.5 Å². The third kappa shape index (κ3) is 7.20. The summed E-state index contributed by atoms with van der Waals surface area (Å²) in [7, 11) is 1.85. The van der Waals surface area contributed by atoms with E-state index in [-0.39, 0.29) is 23.9 Å². The second kappa shape index (κ2) is 13.1. The number of nitrogens with zero attached hydrogens (tertiary/aromatic N) is 4. The van der Waals surface area contributed by atoms with Crippen molar-refractivity contribution < 1.29 is 9.53 Å². The molecule has 2 aromatic heterocycles. The Labute approximate surface area is 242 Å². The molecule has 1 aliphatic heterocycles. The van der Waals surface area contributed by atoms with Gasteiger partial charge >= 0.3 is 0 Å². The molecule has 5 rings (SSSR count). The van der Waals surface area contributed by atoms with Crippen LogP contribution in [0, 0.1) is 6.92 Å². The van der Waals surface area contributed by atoms with Gasteiger partial charge in [0, 0.05) is 43.7 Å². The lowest BCUT2D eigenvalue weighted by molar-refractivity contribution is 0.0313. The lowest BCUT2D eigenvalue weighted by Crippen LogP contribution is -2.44. The van der Waals surface area contributed by atoms with Crippen LogP contribution in [0.2, 0.25) is 0 Å². The molecular weight excluding hydrogens is 512 g/mol. The highest BCUT2D eigenvalue weighted by molar-refractivity contribution is 5.99. The number of nitrogens with two attached hydrogens (primary N) is 1. The van der Waals surface area contributed by atoms with Gasteiger partial charge in [0.1, 0.15) is 5.82 Å². The van der Waals surface area contributed by atoms with Gasteiger partial charge in [-0.15, -0.1) is 0 Å². The fraction of sp³-hybridized carbons (Fsp3) is 0.364. The Hall–Kier alpha value is -4.01. The van der Waals surface area contributed by atoms with Crippen LogP contribution in [0.1, 0.15) is 46.0 Å². The van der Waals surface area contributed by atoms with Gasteiger partial charge in [0.25, 0.3) is 5.91 Å². The molecule has 2 aromatic carbocycles. The zero-order chi connectivity index (χ0) is 28.8. The van der Waals surface area contributed by atoms with Crippen LogP contribution in [0.3, 0.4) is 0 Å². The Kier molecular flexibility index (Phi) is 9.11. The summed E-state index contributed by atoms with van der Waals surface area (Å²) in [6.07, 6.45) is 8.22. The Morgan fingerprint density at radius 1 is 1.07 bits per heavy atom. The number of aryl methyl sites for hydroxylation is 4. The molecule has 0 aliphatic carbocycles. The average Bonchev–Trinajstić information content (AvgIpc) is 3.58. The summed E-state index contributed by atoms with van der Waals surface area (Å²) >= 11 is 0. The minimum atomic E-state index is -0.242. The third-order valence-corrected chi connectivity index (χ3v) is 7.90. The molecule has 8 nitrogen and oxygen atoms in total. The van der Waals surface area contributed by atoms with Crippen molar-refractivity contribution in [2.45, 2.75) is 51.9 Å². The van der Waals surface area contributed by atoms with Gasteiger partial charge in [-0.05, 0) is 61.1 Å². The normalized spacial score (nSPS) is 17.1. The number of hydrogen-bond donors (Lipinski definition) is 2. The summed E-state index contributed by atoms with van der Waals surface area (Å²) in [4.78, 5) is 20.2. The minimum Gasteiger partial charge on any atom is -0.383 e. The van der Waals surface area contributed by atoms with Crippen LogP contribution >= 0.6 is 0 Å². The maximum Gasteiger partial charge on any atom is 0.255 e. The van der Waals surface area contributed by atoms with Crippen molar-refractivity contribution in [2.75, 3.05) is 25.4 Å². The highest BCUT2D eigenvalue weighted by Gasteiger charge is 2.35. The number of anilines is 1. The molecule has 2 atom stereocenters. The van der Waals surface area contributed by atoms with Gasteiger partial charge < -0.3 is 15.8 Å². The molecule has 8 heteroatoms. The maximum absolute atomic E-state index is 13.5. The molecule has 1 amide bonds. The topological polar surface area (TPSA) is 98.3 Å². The number of ether oxygens (including phenoxy) is 1. The number of nitrogen functional groups attached to an aromatic ring is 1. The summed E-state index contributed by atoms with van der Waals surface area (Å²) in [5.74, 6) is -0.0360. The Bertz CT molecular complexity index is 1470. The molecule has 214 valence electrons. The number of benzene rings is 2. The van der Waals surface area contributed by atoms with Crippen molar-refractivity contribution in [3.05, 3.63) is 101 Å². The van der Waals surface area contributed by atoms with Crippen molar-refractivity contribution >= 4 is 11.7 Å². The molecule has 3 N–H and O–H groups in total. The fourth-order valence-electron chi connectivity index (χ4n) is 5.52. The molecule has 1 aliphatic rings. The van der Waals surface area contributed by atoms with Crippen molar-refractivity contribution in [1.29, 1.82) is 0 Å². The first-order valence-corrected chi connectivity index (χ1v) is 14.4. The molecule has 3 heterocycles. The standard InChI is InChI=1S/C33H40N6O2/c1-4-26-15-25(13-12-23(26)2)22-41-31-21-39(14-8-11-24-9-6-5-7-10-24)20-30(31)37-33(40)29-16-27(17-35-32(29)34)28-18-36-38(3)19-28/h5-7,9-10,12-13,15-19,30-31H,4,8,11,14,20-22H2,1-3H3,(H2,34,35)(H,37,40)/t30-,31-/m0/s1. The molecule has 0 spiro atoms. The largest absolute Gasteiger partial charge is 0.383 e.